The Morgan fingerprint density at radius 2 is 2.10 bits per heavy atom. The summed E-state index contributed by atoms with van der Waals surface area (Å²) >= 11 is 0. The molecule has 0 spiro atoms. The van der Waals surface area contributed by atoms with Crippen LogP contribution in [-0.2, 0) is 6.42 Å². The van der Waals surface area contributed by atoms with Gasteiger partial charge in [0.05, 0.1) is 12.3 Å². The number of anilines is 2. The Morgan fingerprint density at radius 3 is 3.00 bits per heavy atom. The molecule has 0 unspecified atom stereocenters. The molecule has 0 fully saturated rings. The summed E-state index contributed by atoms with van der Waals surface area (Å²) in [5.74, 6) is 1.92. The minimum absolute atomic E-state index is 0.630. The molecule has 0 bridgehead atoms. The molecule has 1 aromatic carbocycles. The molecule has 3 rings (SSSR count). The van der Waals surface area contributed by atoms with Crippen LogP contribution in [0.25, 0.3) is 0 Å². The number of fused-ring (bicyclic) bond motifs is 1. The summed E-state index contributed by atoms with van der Waals surface area (Å²) in [5, 5.41) is 0. The number of benzene rings is 1. The molecule has 1 aromatic heterocycles. The van der Waals surface area contributed by atoms with Crippen molar-refractivity contribution in [3.8, 4) is 5.75 Å². The number of hydrogen-bond acceptors (Lipinski definition) is 4. The zero-order chi connectivity index (χ0) is 13.8. The first-order valence-corrected chi connectivity index (χ1v) is 7.03. The normalized spacial score (nSPS) is 14.3. The van der Waals surface area contributed by atoms with Crippen molar-refractivity contribution in [1.82, 2.24) is 4.98 Å². The number of aromatic nitrogens is 1. The highest BCUT2D eigenvalue weighted by Gasteiger charge is 2.20. The van der Waals surface area contributed by atoms with Gasteiger partial charge in [-0.3, -0.25) is 0 Å². The van der Waals surface area contributed by atoms with Crippen LogP contribution in [0.5, 0.6) is 5.75 Å². The van der Waals surface area contributed by atoms with Gasteiger partial charge >= 0.3 is 0 Å². The number of ether oxygens (including phenoxy) is 1. The smallest absolute Gasteiger partial charge is 0.142 e. The summed E-state index contributed by atoms with van der Waals surface area (Å²) < 4.78 is 5.81. The van der Waals surface area contributed by atoms with Gasteiger partial charge in [-0.15, -0.1) is 0 Å². The SMILES string of the molecule is NCCc1cccnc1N1CCCOc2ccccc21. The van der Waals surface area contributed by atoms with E-state index in [2.05, 4.69) is 22.0 Å². The summed E-state index contributed by atoms with van der Waals surface area (Å²) in [6.07, 6.45) is 3.65. The fourth-order valence-corrected chi connectivity index (χ4v) is 2.57. The molecule has 0 atom stereocenters. The van der Waals surface area contributed by atoms with E-state index in [1.807, 2.05) is 30.5 Å². The number of para-hydroxylation sites is 2. The largest absolute Gasteiger partial charge is 0.491 e. The van der Waals surface area contributed by atoms with Gasteiger partial charge in [-0.05, 0) is 43.1 Å². The van der Waals surface area contributed by atoms with Crippen molar-refractivity contribution in [2.24, 2.45) is 5.73 Å². The number of pyridine rings is 1. The first-order valence-electron chi connectivity index (χ1n) is 7.03. The third kappa shape index (κ3) is 2.47. The van der Waals surface area contributed by atoms with Gasteiger partial charge in [0.25, 0.3) is 0 Å². The first kappa shape index (κ1) is 12.9. The van der Waals surface area contributed by atoms with Crippen LogP contribution in [0.2, 0.25) is 0 Å². The zero-order valence-corrected chi connectivity index (χ0v) is 11.5. The van der Waals surface area contributed by atoms with Crippen molar-refractivity contribution in [3.63, 3.8) is 0 Å². The molecule has 20 heavy (non-hydrogen) atoms. The first-order chi connectivity index (χ1) is 9.90. The van der Waals surface area contributed by atoms with Gasteiger partial charge in [-0.1, -0.05) is 18.2 Å². The van der Waals surface area contributed by atoms with E-state index in [1.54, 1.807) is 0 Å². The van der Waals surface area contributed by atoms with E-state index >= 15 is 0 Å². The zero-order valence-electron chi connectivity index (χ0n) is 11.5. The van der Waals surface area contributed by atoms with Crippen molar-refractivity contribution in [2.45, 2.75) is 12.8 Å². The van der Waals surface area contributed by atoms with Crippen molar-refractivity contribution in [1.29, 1.82) is 0 Å². The highest BCUT2D eigenvalue weighted by Crippen LogP contribution is 2.36. The fraction of sp³-hybridized carbons (Fsp3) is 0.312. The average Bonchev–Trinajstić information content (AvgIpc) is 2.71. The minimum atomic E-state index is 0.630. The van der Waals surface area contributed by atoms with Gasteiger partial charge in [0.1, 0.15) is 11.6 Å². The Kier molecular flexibility index (Phi) is 3.83. The average molecular weight is 269 g/mol. The Balaban J connectivity index is 2.05. The summed E-state index contributed by atoms with van der Waals surface area (Å²) in [6, 6.07) is 12.2. The maximum Gasteiger partial charge on any atom is 0.142 e. The van der Waals surface area contributed by atoms with Gasteiger partial charge in [0.2, 0.25) is 0 Å². The third-order valence-electron chi connectivity index (χ3n) is 3.48. The highest BCUT2D eigenvalue weighted by atomic mass is 16.5. The fourth-order valence-electron chi connectivity index (χ4n) is 2.57. The molecule has 4 nitrogen and oxygen atoms in total. The van der Waals surface area contributed by atoms with Crippen molar-refractivity contribution >= 4 is 11.5 Å². The summed E-state index contributed by atoms with van der Waals surface area (Å²) in [6.45, 7) is 2.28. The molecule has 2 N–H and O–H groups in total. The van der Waals surface area contributed by atoms with Crippen LogP contribution in [0.4, 0.5) is 11.5 Å². The molecular formula is C16H19N3O. The molecule has 0 saturated heterocycles. The van der Waals surface area contributed by atoms with Gasteiger partial charge < -0.3 is 15.4 Å². The topological polar surface area (TPSA) is 51.4 Å². The number of hydrogen-bond donors (Lipinski definition) is 1. The van der Waals surface area contributed by atoms with Crippen LogP contribution < -0.4 is 15.4 Å². The third-order valence-corrected chi connectivity index (χ3v) is 3.48. The van der Waals surface area contributed by atoms with E-state index in [4.69, 9.17) is 10.5 Å². The monoisotopic (exact) mass is 269 g/mol. The van der Waals surface area contributed by atoms with Crippen molar-refractivity contribution in [2.75, 3.05) is 24.6 Å². The highest BCUT2D eigenvalue weighted by molar-refractivity contribution is 5.69. The second-order valence-corrected chi connectivity index (χ2v) is 4.85. The van der Waals surface area contributed by atoms with Gasteiger partial charge in [0, 0.05) is 12.7 Å². The Labute approximate surface area is 119 Å². The van der Waals surface area contributed by atoms with Crippen LogP contribution >= 0.6 is 0 Å². The van der Waals surface area contributed by atoms with Crippen molar-refractivity contribution in [3.05, 3.63) is 48.2 Å². The van der Waals surface area contributed by atoms with E-state index in [0.29, 0.717) is 6.54 Å². The molecule has 1 aliphatic rings. The summed E-state index contributed by atoms with van der Waals surface area (Å²) in [4.78, 5) is 6.82. The number of nitrogens with two attached hydrogens (primary N) is 1. The Hall–Kier alpha value is -2.07. The molecule has 1 aliphatic heterocycles. The lowest BCUT2D eigenvalue weighted by Crippen LogP contribution is -2.21. The van der Waals surface area contributed by atoms with Crippen LogP contribution in [0.15, 0.2) is 42.6 Å². The van der Waals surface area contributed by atoms with E-state index in [0.717, 1.165) is 43.2 Å². The minimum Gasteiger partial charge on any atom is -0.491 e. The number of rotatable bonds is 3. The lowest BCUT2D eigenvalue weighted by atomic mass is 10.1. The standard InChI is InChI=1S/C16H19N3O/c17-9-8-13-5-3-10-18-16(13)19-11-4-12-20-15-7-2-1-6-14(15)19/h1-3,5-7,10H,4,8-9,11-12,17H2. The van der Waals surface area contributed by atoms with Crippen molar-refractivity contribution < 1.29 is 4.74 Å². The van der Waals surface area contributed by atoms with E-state index in [1.165, 1.54) is 5.56 Å². The lowest BCUT2D eigenvalue weighted by molar-refractivity contribution is 0.322. The molecular weight excluding hydrogens is 250 g/mol. The predicted octanol–water partition coefficient (Wildman–Crippen LogP) is 2.50. The van der Waals surface area contributed by atoms with E-state index < -0.39 is 0 Å². The predicted molar refractivity (Wildman–Crippen MR) is 80.6 cm³/mol. The maximum absolute atomic E-state index is 5.81. The molecule has 0 radical (unpaired) electrons. The molecule has 2 aromatic rings. The van der Waals surface area contributed by atoms with E-state index in [9.17, 15) is 0 Å². The van der Waals surface area contributed by atoms with Gasteiger partial charge in [-0.2, -0.15) is 0 Å². The van der Waals surface area contributed by atoms with Gasteiger partial charge in [-0.25, -0.2) is 4.98 Å². The molecule has 0 amide bonds. The second kappa shape index (κ2) is 5.92. The molecule has 104 valence electrons. The maximum atomic E-state index is 5.81. The second-order valence-electron chi connectivity index (χ2n) is 4.85. The molecule has 4 heteroatoms. The molecule has 0 saturated carbocycles. The summed E-state index contributed by atoms with van der Waals surface area (Å²) in [7, 11) is 0. The van der Waals surface area contributed by atoms with Crippen LogP contribution in [-0.4, -0.2) is 24.7 Å². The summed E-state index contributed by atoms with van der Waals surface area (Å²) in [5.41, 5.74) is 7.99. The van der Waals surface area contributed by atoms with Crippen LogP contribution in [0.1, 0.15) is 12.0 Å². The Morgan fingerprint density at radius 1 is 1.20 bits per heavy atom. The van der Waals surface area contributed by atoms with Crippen LogP contribution in [0.3, 0.4) is 0 Å². The molecule has 0 aliphatic carbocycles. The van der Waals surface area contributed by atoms with Crippen LogP contribution in [0, 0.1) is 0 Å². The molecule has 2 heterocycles. The van der Waals surface area contributed by atoms with E-state index in [-0.39, 0.29) is 0 Å². The Bertz CT molecular complexity index is 585. The lowest BCUT2D eigenvalue weighted by Gasteiger charge is -2.25. The quantitative estimate of drug-likeness (QED) is 0.930. The van der Waals surface area contributed by atoms with Gasteiger partial charge in [0.15, 0.2) is 0 Å². The number of nitrogens with zero attached hydrogens (tertiary/aromatic N) is 2.